The van der Waals surface area contributed by atoms with Gasteiger partial charge in [0.25, 0.3) is 0 Å². The molecule has 21 heavy (non-hydrogen) atoms. The largest absolute Gasteiger partial charge is 0.386 e. The van der Waals surface area contributed by atoms with Gasteiger partial charge in [0.2, 0.25) is 0 Å². The summed E-state index contributed by atoms with van der Waals surface area (Å²) in [6.45, 7) is 2.49. The van der Waals surface area contributed by atoms with E-state index >= 15 is 0 Å². The van der Waals surface area contributed by atoms with Crippen molar-refractivity contribution in [1.29, 1.82) is 0 Å². The summed E-state index contributed by atoms with van der Waals surface area (Å²) in [5.74, 6) is -0.258. The molecule has 1 aliphatic heterocycles. The van der Waals surface area contributed by atoms with Gasteiger partial charge in [0, 0.05) is 13.1 Å². The van der Waals surface area contributed by atoms with Gasteiger partial charge in [-0.05, 0) is 13.2 Å². The first-order valence-corrected chi connectivity index (χ1v) is 8.04. The molecular formula is C12H11Cl2FN4OS. The molecule has 0 aliphatic carbocycles. The van der Waals surface area contributed by atoms with Gasteiger partial charge in [-0.25, -0.2) is 19.3 Å². The molecule has 9 heteroatoms. The lowest BCUT2D eigenvalue weighted by Gasteiger charge is -2.45. The second-order valence-electron chi connectivity index (χ2n) is 5.12. The third-order valence-electron chi connectivity index (χ3n) is 3.21. The molecule has 0 atom stereocenters. The monoisotopic (exact) mass is 348 g/mol. The zero-order valence-corrected chi connectivity index (χ0v) is 13.5. The van der Waals surface area contributed by atoms with Crippen LogP contribution in [-0.4, -0.2) is 45.0 Å². The van der Waals surface area contributed by atoms with E-state index in [0.29, 0.717) is 29.5 Å². The number of hydrogen-bond donors (Lipinski definition) is 1. The van der Waals surface area contributed by atoms with E-state index in [9.17, 15) is 9.50 Å². The zero-order valence-electron chi connectivity index (χ0n) is 11.2. The normalized spacial score (nSPS) is 17.1. The second-order valence-corrected chi connectivity index (χ2v) is 6.61. The Bertz CT molecular complexity index is 735. The Balaban J connectivity index is 2.25. The van der Waals surface area contributed by atoms with Crippen LogP contribution in [0.25, 0.3) is 10.9 Å². The summed E-state index contributed by atoms with van der Waals surface area (Å²) in [5, 5.41) is 10.3. The lowest BCUT2D eigenvalue weighted by Crippen LogP contribution is -2.60. The predicted molar refractivity (Wildman–Crippen MR) is 81.9 cm³/mol. The number of aliphatic hydroxyl groups is 1. The van der Waals surface area contributed by atoms with Crippen molar-refractivity contribution < 1.29 is 9.50 Å². The average Bonchev–Trinajstić information content (AvgIpc) is 2.40. The highest BCUT2D eigenvalue weighted by atomic mass is 35.5. The molecule has 1 saturated heterocycles. The summed E-state index contributed by atoms with van der Waals surface area (Å²) in [4.78, 5) is 14.1. The Hall–Kier alpha value is -0.890. The number of β-amino-alcohol motifs (C(OH)–C–C–N with tert-alkyl or cyclic N) is 1. The van der Waals surface area contributed by atoms with Crippen LogP contribution < -0.4 is 4.90 Å². The maximum atomic E-state index is 14.2. The van der Waals surface area contributed by atoms with Crippen LogP contribution >= 0.6 is 35.0 Å². The van der Waals surface area contributed by atoms with Gasteiger partial charge in [-0.1, -0.05) is 35.0 Å². The van der Waals surface area contributed by atoms with Gasteiger partial charge in [-0.2, -0.15) is 0 Å². The molecule has 0 radical (unpaired) electrons. The number of pyridine rings is 1. The van der Waals surface area contributed by atoms with Crippen molar-refractivity contribution in [2.75, 3.05) is 24.2 Å². The molecule has 112 valence electrons. The van der Waals surface area contributed by atoms with Crippen LogP contribution in [0.2, 0.25) is 10.3 Å². The Kier molecular flexibility index (Phi) is 3.64. The highest BCUT2D eigenvalue weighted by Gasteiger charge is 2.39. The van der Waals surface area contributed by atoms with Gasteiger partial charge in [0.05, 0.1) is 11.0 Å². The van der Waals surface area contributed by atoms with E-state index in [2.05, 4.69) is 15.0 Å². The highest BCUT2D eigenvalue weighted by molar-refractivity contribution is 7.98. The zero-order chi connectivity index (χ0) is 15.4. The number of aromatic nitrogens is 3. The van der Waals surface area contributed by atoms with Gasteiger partial charge in [-0.15, -0.1) is 0 Å². The number of hydrogen-bond acceptors (Lipinski definition) is 6. The first-order valence-electron chi connectivity index (χ1n) is 6.06. The number of thioether (sulfide) groups is 1. The summed E-state index contributed by atoms with van der Waals surface area (Å²) in [7, 11) is 0. The molecule has 1 N–H and O–H groups in total. The molecule has 0 bridgehead atoms. The van der Waals surface area contributed by atoms with Crippen molar-refractivity contribution in [2.45, 2.75) is 17.7 Å². The van der Waals surface area contributed by atoms with Crippen molar-refractivity contribution >= 4 is 51.7 Å². The van der Waals surface area contributed by atoms with Gasteiger partial charge < -0.3 is 10.0 Å². The van der Waals surface area contributed by atoms with Crippen molar-refractivity contribution in [3.05, 3.63) is 16.1 Å². The first-order chi connectivity index (χ1) is 9.82. The Morgan fingerprint density at radius 2 is 1.90 bits per heavy atom. The molecule has 2 aromatic heterocycles. The van der Waals surface area contributed by atoms with Gasteiger partial charge in [0.1, 0.15) is 16.5 Å². The van der Waals surface area contributed by atoms with Crippen LogP contribution in [0.5, 0.6) is 0 Å². The van der Waals surface area contributed by atoms with Gasteiger partial charge in [0.15, 0.2) is 16.1 Å². The SMILES string of the molecule is CSc1nc(N2CC(C)(O)C2)c2c(Cl)nc(Cl)c(F)c2n1. The van der Waals surface area contributed by atoms with Crippen molar-refractivity contribution in [2.24, 2.45) is 0 Å². The number of rotatable bonds is 2. The number of nitrogens with zero attached hydrogens (tertiary/aromatic N) is 4. The molecule has 5 nitrogen and oxygen atoms in total. The molecular weight excluding hydrogens is 338 g/mol. The molecule has 0 saturated carbocycles. The Labute approximate surface area is 134 Å². The highest BCUT2D eigenvalue weighted by Crippen LogP contribution is 2.37. The van der Waals surface area contributed by atoms with Crippen molar-refractivity contribution in [1.82, 2.24) is 15.0 Å². The Morgan fingerprint density at radius 3 is 2.48 bits per heavy atom. The Morgan fingerprint density at radius 1 is 1.24 bits per heavy atom. The maximum absolute atomic E-state index is 14.2. The number of fused-ring (bicyclic) bond motifs is 1. The molecule has 1 aliphatic rings. The van der Waals surface area contributed by atoms with Crippen LogP contribution in [0.1, 0.15) is 6.92 Å². The van der Waals surface area contributed by atoms with E-state index in [0.717, 1.165) is 0 Å². The standard InChI is InChI=1S/C12H11Cl2FN4OS/c1-12(20)3-19(4-12)10-5-7(16-11(18-10)21-2)6(15)9(14)17-8(5)13/h20H,3-4H2,1-2H3. The third-order valence-corrected chi connectivity index (χ3v) is 4.28. The van der Waals surface area contributed by atoms with E-state index in [4.69, 9.17) is 23.2 Å². The quantitative estimate of drug-likeness (QED) is 0.511. The fourth-order valence-corrected chi connectivity index (χ4v) is 3.15. The minimum absolute atomic E-state index is 0.0425. The summed E-state index contributed by atoms with van der Waals surface area (Å²) < 4.78 is 14.2. The van der Waals surface area contributed by atoms with Crippen LogP contribution in [0.15, 0.2) is 5.16 Å². The molecule has 1 fully saturated rings. The minimum atomic E-state index is -0.790. The molecule has 3 rings (SSSR count). The van der Waals surface area contributed by atoms with Crippen LogP contribution in [0.4, 0.5) is 10.2 Å². The number of halogens is 3. The van der Waals surface area contributed by atoms with E-state index in [1.165, 1.54) is 11.8 Å². The molecule has 3 heterocycles. The molecule has 0 spiro atoms. The fraction of sp³-hybridized carbons (Fsp3) is 0.417. The van der Waals surface area contributed by atoms with E-state index in [1.54, 1.807) is 13.2 Å². The lowest BCUT2D eigenvalue weighted by molar-refractivity contribution is 0.0306. The molecule has 0 unspecified atom stereocenters. The topological polar surface area (TPSA) is 62.1 Å². The fourth-order valence-electron chi connectivity index (χ4n) is 2.31. The minimum Gasteiger partial charge on any atom is -0.386 e. The smallest absolute Gasteiger partial charge is 0.189 e. The first kappa shape index (κ1) is 15.0. The van der Waals surface area contributed by atoms with Crippen LogP contribution in [0, 0.1) is 5.82 Å². The van der Waals surface area contributed by atoms with E-state index < -0.39 is 11.4 Å². The lowest BCUT2D eigenvalue weighted by atomic mass is 9.97. The van der Waals surface area contributed by atoms with Gasteiger partial charge in [-0.3, -0.25) is 0 Å². The average molecular weight is 349 g/mol. The predicted octanol–water partition coefficient (Wildman–Crippen LogP) is 2.76. The van der Waals surface area contributed by atoms with Crippen molar-refractivity contribution in [3.63, 3.8) is 0 Å². The van der Waals surface area contributed by atoms with E-state index in [-0.39, 0.29) is 15.8 Å². The van der Waals surface area contributed by atoms with Crippen LogP contribution in [-0.2, 0) is 0 Å². The van der Waals surface area contributed by atoms with Crippen molar-refractivity contribution in [3.8, 4) is 0 Å². The molecule has 0 amide bonds. The van der Waals surface area contributed by atoms with Gasteiger partial charge >= 0.3 is 0 Å². The summed E-state index contributed by atoms with van der Waals surface area (Å²) >= 11 is 13.1. The summed E-state index contributed by atoms with van der Waals surface area (Å²) in [5.41, 5.74) is -0.748. The molecule has 0 aromatic carbocycles. The number of anilines is 1. The second kappa shape index (κ2) is 5.08. The summed E-state index contributed by atoms with van der Waals surface area (Å²) in [6.07, 6.45) is 1.79. The maximum Gasteiger partial charge on any atom is 0.189 e. The summed E-state index contributed by atoms with van der Waals surface area (Å²) in [6, 6.07) is 0. The van der Waals surface area contributed by atoms with Crippen LogP contribution in [0.3, 0.4) is 0 Å². The third kappa shape index (κ3) is 2.52. The molecule has 2 aromatic rings. The van der Waals surface area contributed by atoms with E-state index in [1.807, 2.05) is 4.90 Å².